The Labute approximate surface area is 70.2 Å². The van der Waals surface area contributed by atoms with Crippen molar-refractivity contribution in [3.05, 3.63) is 23.4 Å². The molecule has 0 unspecified atom stereocenters. The van der Waals surface area contributed by atoms with E-state index in [4.69, 9.17) is 0 Å². The summed E-state index contributed by atoms with van der Waals surface area (Å²) in [6, 6.07) is 0. The summed E-state index contributed by atoms with van der Waals surface area (Å²) >= 11 is 0. The lowest BCUT2D eigenvalue weighted by Gasteiger charge is -2.00. The van der Waals surface area contributed by atoms with Crippen molar-refractivity contribution in [1.82, 2.24) is 5.32 Å². The Kier molecular flexibility index (Phi) is 5.63. The maximum Gasteiger partial charge on any atom is 0.0101 e. The van der Waals surface area contributed by atoms with E-state index >= 15 is 0 Å². The highest BCUT2D eigenvalue weighted by molar-refractivity contribution is 5.14. The van der Waals surface area contributed by atoms with Gasteiger partial charge in [-0.3, -0.25) is 0 Å². The van der Waals surface area contributed by atoms with Crippen LogP contribution in [0.2, 0.25) is 0 Å². The second-order valence-electron chi connectivity index (χ2n) is 2.66. The second kappa shape index (κ2) is 6.02. The van der Waals surface area contributed by atoms with Gasteiger partial charge in [0.2, 0.25) is 0 Å². The van der Waals surface area contributed by atoms with Crippen molar-refractivity contribution < 1.29 is 0 Å². The fourth-order valence-electron chi connectivity index (χ4n) is 0.739. The first kappa shape index (κ1) is 10.3. The average molecular weight is 153 g/mol. The zero-order valence-electron chi connectivity index (χ0n) is 8.07. The van der Waals surface area contributed by atoms with Crippen LogP contribution in [-0.2, 0) is 0 Å². The average Bonchev–Trinajstić information content (AvgIpc) is 2.06. The first-order chi connectivity index (χ1) is 5.24. The van der Waals surface area contributed by atoms with Crippen molar-refractivity contribution in [2.45, 2.75) is 33.6 Å². The molecule has 0 aromatic heterocycles. The molecular formula is C10H19N. The van der Waals surface area contributed by atoms with Crippen LogP contribution in [0.15, 0.2) is 23.4 Å². The van der Waals surface area contributed by atoms with Crippen LogP contribution >= 0.6 is 0 Å². The van der Waals surface area contributed by atoms with Crippen LogP contribution in [0.25, 0.3) is 0 Å². The van der Waals surface area contributed by atoms with Crippen LogP contribution in [0, 0.1) is 0 Å². The van der Waals surface area contributed by atoms with Crippen LogP contribution in [0.3, 0.4) is 0 Å². The number of hydrogen-bond donors (Lipinski definition) is 1. The lowest BCUT2D eigenvalue weighted by atomic mass is 10.2. The molecule has 0 heterocycles. The van der Waals surface area contributed by atoms with E-state index in [1.807, 2.05) is 7.05 Å². The molecule has 0 radical (unpaired) electrons. The third-order valence-corrected chi connectivity index (χ3v) is 1.83. The van der Waals surface area contributed by atoms with Crippen LogP contribution < -0.4 is 5.32 Å². The summed E-state index contributed by atoms with van der Waals surface area (Å²) in [5.41, 5.74) is 2.71. The molecule has 11 heavy (non-hydrogen) atoms. The van der Waals surface area contributed by atoms with Gasteiger partial charge in [-0.05, 0) is 25.8 Å². The molecule has 0 rings (SSSR count). The minimum absolute atomic E-state index is 1.07. The molecule has 0 fully saturated rings. The van der Waals surface area contributed by atoms with Gasteiger partial charge in [-0.25, -0.2) is 0 Å². The van der Waals surface area contributed by atoms with E-state index in [0.717, 1.165) is 12.8 Å². The van der Waals surface area contributed by atoms with Gasteiger partial charge in [-0.2, -0.15) is 0 Å². The summed E-state index contributed by atoms with van der Waals surface area (Å²) in [6.45, 7) is 6.47. The predicted molar refractivity (Wildman–Crippen MR) is 51.5 cm³/mol. The molecule has 0 aromatic rings. The van der Waals surface area contributed by atoms with E-state index in [2.05, 4.69) is 38.2 Å². The quantitative estimate of drug-likeness (QED) is 0.612. The molecule has 0 aliphatic heterocycles. The molecule has 0 atom stereocenters. The van der Waals surface area contributed by atoms with Crippen molar-refractivity contribution in [2.75, 3.05) is 7.05 Å². The molecule has 0 bridgehead atoms. The Balaban J connectivity index is 4.06. The number of nitrogens with one attached hydrogen (secondary N) is 1. The molecular weight excluding hydrogens is 134 g/mol. The highest BCUT2D eigenvalue weighted by Gasteiger charge is 1.85. The van der Waals surface area contributed by atoms with Crippen molar-refractivity contribution in [2.24, 2.45) is 0 Å². The minimum atomic E-state index is 1.07. The molecule has 1 heteroatoms. The van der Waals surface area contributed by atoms with E-state index in [-0.39, 0.29) is 0 Å². The summed E-state index contributed by atoms with van der Waals surface area (Å²) in [6.07, 6.45) is 6.54. The standard InChI is InChI=1S/C10H19N/c1-5-9(3)7-8-10(6-2)11-4/h7-8,11H,5-6H2,1-4H3/b9-7+,10-8+. The monoisotopic (exact) mass is 153 g/mol. The summed E-state index contributed by atoms with van der Waals surface area (Å²) in [5.74, 6) is 0. The third-order valence-electron chi connectivity index (χ3n) is 1.83. The summed E-state index contributed by atoms with van der Waals surface area (Å²) in [5, 5.41) is 3.15. The number of rotatable bonds is 4. The lowest BCUT2D eigenvalue weighted by molar-refractivity contribution is 0.900. The molecule has 0 saturated carbocycles. The summed E-state index contributed by atoms with van der Waals surface area (Å²) in [7, 11) is 1.96. The van der Waals surface area contributed by atoms with Crippen LogP contribution in [0.5, 0.6) is 0 Å². The molecule has 0 aliphatic carbocycles. The van der Waals surface area contributed by atoms with Crippen molar-refractivity contribution in [3.8, 4) is 0 Å². The maximum absolute atomic E-state index is 3.15. The zero-order valence-corrected chi connectivity index (χ0v) is 8.07. The van der Waals surface area contributed by atoms with Gasteiger partial charge in [-0.15, -0.1) is 0 Å². The van der Waals surface area contributed by atoms with Gasteiger partial charge in [-0.1, -0.05) is 25.5 Å². The molecule has 1 nitrogen and oxygen atoms in total. The minimum Gasteiger partial charge on any atom is -0.391 e. The molecule has 0 aromatic carbocycles. The molecule has 0 amide bonds. The fraction of sp³-hybridized carbons (Fsp3) is 0.600. The highest BCUT2D eigenvalue weighted by Crippen LogP contribution is 2.01. The van der Waals surface area contributed by atoms with E-state index in [1.54, 1.807) is 0 Å². The first-order valence-electron chi connectivity index (χ1n) is 4.28. The number of allylic oxidation sites excluding steroid dienone is 4. The Morgan fingerprint density at radius 2 is 1.82 bits per heavy atom. The number of hydrogen-bond acceptors (Lipinski definition) is 1. The molecule has 1 N–H and O–H groups in total. The van der Waals surface area contributed by atoms with Gasteiger partial charge in [0.1, 0.15) is 0 Å². The van der Waals surface area contributed by atoms with Crippen LogP contribution in [0.4, 0.5) is 0 Å². The summed E-state index contributed by atoms with van der Waals surface area (Å²) < 4.78 is 0. The van der Waals surface area contributed by atoms with Crippen molar-refractivity contribution in [1.29, 1.82) is 0 Å². The maximum atomic E-state index is 3.15. The highest BCUT2D eigenvalue weighted by atomic mass is 14.8. The third kappa shape index (κ3) is 4.65. The fourth-order valence-corrected chi connectivity index (χ4v) is 0.739. The topological polar surface area (TPSA) is 12.0 Å². The lowest BCUT2D eigenvalue weighted by Crippen LogP contribution is -2.03. The Hall–Kier alpha value is -0.720. The van der Waals surface area contributed by atoms with Crippen LogP contribution in [0.1, 0.15) is 33.6 Å². The normalized spacial score (nSPS) is 13.5. The summed E-state index contributed by atoms with van der Waals surface area (Å²) in [4.78, 5) is 0. The van der Waals surface area contributed by atoms with Gasteiger partial charge in [0.15, 0.2) is 0 Å². The molecule has 0 saturated heterocycles. The largest absolute Gasteiger partial charge is 0.391 e. The Bertz CT molecular complexity index is 148. The van der Waals surface area contributed by atoms with Crippen LogP contribution in [-0.4, -0.2) is 7.05 Å². The van der Waals surface area contributed by atoms with Gasteiger partial charge in [0.05, 0.1) is 0 Å². The molecule has 64 valence electrons. The first-order valence-corrected chi connectivity index (χ1v) is 4.28. The van der Waals surface area contributed by atoms with E-state index in [9.17, 15) is 0 Å². The predicted octanol–water partition coefficient (Wildman–Crippen LogP) is 2.86. The van der Waals surface area contributed by atoms with E-state index in [1.165, 1.54) is 11.3 Å². The van der Waals surface area contributed by atoms with E-state index < -0.39 is 0 Å². The Morgan fingerprint density at radius 3 is 2.18 bits per heavy atom. The van der Waals surface area contributed by atoms with Gasteiger partial charge >= 0.3 is 0 Å². The molecule has 0 spiro atoms. The second-order valence-corrected chi connectivity index (χ2v) is 2.66. The molecule has 0 aliphatic rings. The van der Waals surface area contributed by atoms with Crippen molar-refractivity contribution in [3.63, 3.8) is 0 Å². The van der Waals surface area contributed by atoms with Gasteiger partial charge < -0.3 is 5.32 Å². The smallest absolute Gasteiger partial charge is 0.0101 e. The van der Waals surface area contributed by atoms with Crippen molar-refractivity contribution >= 4 is 0 Å². The van der Waals surface area contributed by atoms with E-state index in [0.29, 0.717) is 0 Å². The Morgan fingerprint density at radius 1 is 1.18 bits per heavy atom. The van der Waals surface area contributed by atoms with Gasteiger partial charge in [0.25, 0.3) is 0 Å². The van der Waals surface area contributed by atoms with Gasteiger partial charge in [0, 0.05) is 12.7 Å². The SMILES string of the molecule is CC/C(C)=C/C=C(\CC)NC. The zero-order chi connectivity index (χ0) is 8.69.